The van der Waals surface area contributed by atoms with Gasteiger partial charge in [0.2, 0.25) is 5.91 Å². The van der Waals surface area contributed by atoms with Crippen molar-refractivity contribution in [2.75, 3.05) is 5.32 Å². The molecule has 0 radical (unpaired) electrons. The van der Waals surface area contributed by atoms with Gasteiger partial charge in [0.15, 0.2) is 5.82 Å². The molecule has 3 N–H and O–H groups in total. The third kappa shape index (κ3) is 5.95. The van der Waals surface area contributed by atoms with Crippen LogP contribution in [0.3, 0.4) is 0 Å². The van der Waals surface area contributed by atoms with Crippen molar-refractivity contribution in [1.29, 1.82) is 0 Å². The second kappa shape index (κ2) is 8.98. The number of carboxylic acids is 1. The fourth-order valence-corrected chi connectivity index (χ4v) is 2.63. The van der Waals surface area contributed by atoms with Crippen molar-refractivity contribution in [2.24, 2.45) is 5.92 Å². The number of aryl methyl sites for hydroxylation is 1. The molecule has 0 saturated heterocycles. The monoisotopic (exact) mass is 372 g/mol. The van der Waals surface area contributed by atoms with Crippen molar-refractivity contribution in [3.63, 3.8) is 0 Å². The summed E-state index contributed by atoms with van der Waals surface area (Å²) >= 11 is 0. The number of amides is 2. The molecule has 1 heterocycles. The molecule has 0 aliphatic heterocycles. The van der Waals surface area contributed by atoms with Crippen LogP contribution in [0.25, 0.3) is 0 Å². The summed E-state index contributed by atoms with van der Waals surface area (Å²) in [7, 11) is 0. The lowest BCUT2D eigenvalue weighted by Crippen LogP contribution is -2.44. The normalized spacial score (nSPS) is 11.9. The number of carboxylic acid groups (broad SMARTS) is 1. The first-order chi connectivity index (χ1) is 12.8. The summed E-state index contributed by atoms with van der Waals surface area (Å²) in [6, 6.07) is 7.94. The van der Waals surface area contributed by atoms with Gasteiger partial charge in [-0.25, -0.2) is 0 Å². The van der Waals surface area contributed by atoms with Crippen LogP contribution in [0.2, 0.25) is 0 Å². The highest BCUT2D eigenvalue weighted by molar-refractivity contribution is 6.01. The molecule has 2 amide bonds. The molecule has 0 fully saturated rings. The number of hydrogen-bond acceptors (Lipinski definition) is 4. The number of nitrogens with one attached hydrogen (secondary N) is 2. The van der Waals surface area contributed by atoms with Gasteiger partial charge < -0.3 is 15.7 Å². The van der Waals surface area contributed by atoms with Gasteiger partial charge in [0, 0.05) is 17.8 Å². The Morgan fingerprint density at radius 1 is 1.19 bits per heavy atom. The van der Waals surface area contributed by atoms with Crippen molar-refractivity contribution in [3.8, 4) is 0 Å². The Hall–Kier alpha value is -3.16. The molecule has 0 aliphatic carbocycles. The number of aliphatic carboxylic acids is 1. The Bertz CT molecular complexity index is 829. The van der Waals surface area contributed by atoms with Crippen LogP contribution in [0.4, 0.5) is 5.82 Å². The predicted octanol–water partition coefficient (Wildman–Crippen LogP) is 2.06. The fourth-order valence-electron chi connectivity index (χ4n) is 2.63. The molecule has 0 spiro atoms. The highest BCUT2D eigenvalue weighted by Crippen LogP contribution is 2.12. The third-order valence-electron chi connectivity index (χ3n) is 3.91. The number of aromatic nitrogens is 2. The number of hydrogen-bond donors (Lipinski definition) is 3. The lowest BCUT2D eigenvalue weighted by molar-refractivity contribution is -0.137. The summed E-state index contributed by atoms with van der Waals surface area (Å²) in [5.41, 5.74) is 1.34. The number of carbonyl (C=O) groups excluding carboxylic acids is 2. The quantitative estimate of drug-likeness (QED) is 0.656. The highest BCUT2D eigenvalue weighted by Gasteiger charge is 2.23. The van der Waals surface area contributed by atoms with E-state index in [1.54, 1.807) is 12.1 Å². The number of benzene rings is 1. The van der Waals surface area contributed by atoms with Gasteiger partial charge in [0.25, 0.3) is 5.91 Å². The van der Waals surface area contributed by atoms with Crippen molar-refractivity contribution < 1.29 is 19.5 Å². The van der Waals surface area contributed by atoms with Crippen LogP contribution in [-0.4, -0.2) is 38.7 Å². The maximum atomic E-state index is 12.6. The minimum atomic E-state index is -1.03. The van der Waals surface area contributed by atoms with Gasteiger partial charge in [0.05, 0.1) is 0 Å². The van der Waals surface area contributed by atoms with Gasteiger partial charge in [-0.15, -0.1) is 0 Å². The number of anilines is 1. The van der Waals surface area contributed by atoms with Gasteiger partial charge >= 0.3 is 5.97 Å². The van der Waals surface area contributed by atoms with E-state index < -0.39 is 17.9 Å². The zero-order chi connectivity index (χ0) is 20.0. The largest absolute Gasteiger partial charge is 0.480 e. The van der Waals surface area contributed by atoms with E-state index in [1.807, 2.05) is 32.9 Å². The zero-order valence-electron chi connectivity index (χ0n) is 15.6. The molecule has 8 nitrogen and oxygen atoms in total. The SMILES string of the molecule is Cc1ccccc1C(=O)NC(CC(C)C)C(=O)Nc1ccn(CC(=O)O)n1. The van der Waals surface area contributed by atoms with Gasteiger partial charge in [0.1, 0.15) is 12.6 Å². The minimum Gasteiger partial charge on any atom is -0.480 e. The van der Waals surface area contributed by atoms with Crippen molar-refractivity contribution in [3.05, 3.63) is 47.7 Å². The lowest BCUT2D eigenvalue weighted by Gasteiger charge is -2.20. The zero-order valence-corrected chi connectivity index (χ0v) is 15.6. The van der Waals surface area contributed by atoms with E-state index in [9.17, 15) is 14.4 Å². The molecule has 27 heavy (non-hydrogen) atoms. The molecule has 0 aliphatic rings. The summed E-state index contributed by atoms with van der Waals surface area (Å²) in [5, 5.41) is 18.2. The maximum absolute atomic E-state index is 12.6. The average Bonchev–Trinajstić information content (AvgIpc) is 3.00. The third-order valence-corrected chi connectivity index (χ3v) is 3.91. The average molecular weight is 372 g/mol. The van der Waals surface area contributed by atoms with Crippen molar-refractivity contribution >= 4 is 23.6 Å². The molecule has 1 atom stereocenters. The Kier molecular flexibility index (Phi) is 6.70. The molecular formula is C19H24N4O4. The fraction of sp³-hybridized carbons (Fsp3) is 0.368. The van der Waals surface area contributed by atoms with Crippen molar-refractivity contribution in [2.45, 2.75) is 39.8 Å². The van der Waals surface area contributed by atoms with Gasteiger partial charge in [-0.05, 0) is 30.9 Å². The molecule has 2 rings (SSSR count). The van der Waals surface area contributed by atoms with E-state index in [0.717, 1.165) is 5.56 Å². The second-order valence-electron chi connectivity index (χ2n) is 6.75. The molecule has 2 aromatic rings. The first-order valence-corrected chi connectivity index (χ1v) is 8.69. The summed E-state index contributed by atoms with van der Waals surface area (Å²) in [4.78, 5) is 35.9. The molecule has 1 unspecified atom stereocenters. The summed E-state index contributed by atoms with van der Waals surface area (Å²) in [5.74, 6) is -1.32. The standard InChI is InChI=1S/C19H24N4O4/c1-12(2)10-15(20-18(26)14-7-5-4-6-13(14)3)19(27)21-16-8-9-23(22-16)11-17(24)25/h4-9,12,15H,10-11H2,1-3H3,(H,20,26)(H,24,25)(H,21,22,27). The summed E-state index contributed by atoms with van der Waals surface area (Å²) in [6.45, 7) is 5.46. The maximum Gasteiger partial charge on any atom is 0.325 e. The van der Waals surface area contributed by atoms with Crippen LogP contribution in [0.15, 0.2) is 36.5 Å². The predicted molar refractivity (Wildman–Crippen MR) is 100 cm³/mol. The second-order valence-corrected chi connectivity index (χ2v) is 6.75. The molecule has 0 bridgehead atoms. The number of carbonyl (C=O) groups is 3. The van der Waals surface area contributed by atoms with E-state index in [-0.39, 0.29) is 24.2 Å². The van der Waals surface area contributed by atoms with Crippen LogP contribution in [0.1, 0.15) is 36.2 Å². The highest BCUT2D eigenvalue weighted by atomic mass is 16.4. The van der Waals surface area contributed by atoms with E-state index in [0.29, 0.717) is 12.0 Å². The molecule has 1 aromatic heterocycles. The minimum absolute atomic E-state index is 0.183. The first kappa shape index (κ1) is 20.2. The number of nitrogens with zero attached hydrogens (tertiary/aromatic N) is 2. The van der Waals surface area contributed by atoms with Gasteiger partial charge in [-0.2, -0.15) is 5.10 Å². The Morgan fingerprint density at radius 3 is 2.52 bits per heavy atom. The summed E-state index contributed by atoms with van der Waals surface area (Å²) in [6.07, 6.45) is 1.92. The molecule has 144 valence electrons. The van der Waals surface area contributed by atoms with Gasteiger partial charge in [-0.1, -0.05) is 32.0 Å². The molecule has 8 heteroatoms. The Balaban J connectivity index is 2.09. The van der Waals surface area contributed by atoms with E-state index in [1.165, 1.54) is 16.9 Å². The topological polar surface area (TPSA) is 113 Å². The first-order valence-electron chi connectivity index (χ1n) is 8.69. The molecule has 1 aromatic carbocycles. The van der Waals surface area contributed by atoms with Crippen LogP contribution in [0, 0.1) is 12.8 Å². The van der Waals surface area contributed by atoms with Crippen LogP contribution >= 0.6 is 0 Å². The van der Waals surface area contributed by atoms with Crippen LogP contribution < -0.4 is 10.6 Å². The van der Waals surface area contributed by atoms with Crippen LogP contribution in [0.5, 0.6) is 0 Å². The van der Waals surface area contributed by atoms with Gasteiger partial charge in [-0.3, -0.25) is 19.1 Å². The lowest BCUT2D eigenvalue weighted by atomic mass is 10.0. The number of rotatable bonds is 8. The molecular weight excluding hydrogens is 348 g/mol. The van der Waals surface area contributed by atoms with E-state index in [4.69, 9.17) is 5.11 Å². The van der Waals surface area contributed by atoms with Crippen LogP contribution in [-0.2, 0) is 16.1 Å². The smallest absolute Gasteiger partial charge is 0.325 e. The van der Waals surface area contributed by atoms with E-state index in [2.05, 4.69) is 15.7 Å². The Morgan fingerprint density at radius 2 is 1.89 bits per heavy atom. The van der Waals surface area contributed by atoms with Crippen molar-refractivity contribution in [1.82, 2.24) is 15.1 Å². The summed E-state index contributed by atoms with van der Waals surface area (Å²) < 4.78 is 1.21. The molecule has 0 saturated carbocycles. The Labute approximate surface area is 157 Å². The van der Waals surface area contributed by atoms with E-state index >= 15 is 0 Å².